The summed E-state index contributed by atoms with van der Waals surface area (Å²) >= 11 is 5.86. The number of nitrogens with zero attached hydrogens (tertiary/aromatic N) is 1. The monoisotopic (exact) mass is 288 g/mol. The molecule has 0 radical (unpaired) electrons. The third kappa shape index (κ3) is 2.66. The summed E-state index contributed by atoms with van der Waals surface area (Å²) in [5.74, 6) is -0.0677. The molecule has 1 aromatic rings. The summed E-state index contributed by atoms with van der Waals surface area (Å²) in [5, 5.41) is 0.169. The molecule has 98 valence electrons. The number of carbonyl (C=O) groups excluding carboxylic acids is 1. The Bertz CT molecular complexity index is 573. The van der Waals surface area contributed by atoms with Crippen LogP contribution in [0.4, 0.5) is 0 Å². The van der Waals surface area contributed by atoms with Crippen LogP contribution in [-0.4, -0.2) is 38.9 Å². The SMILES string of the molecule is CN1C[C@@H](NS(=O)(=O)c2ccccc2Cl)CC1=O. The molecule has 0 spiro atoms. The zero-order chi connectivity index (χ0) is 13.3. The summed E-state index contributed by atoms with van der Waals surface area (Å²) in [6.45, 7) is 0.377. The van der Waals surface area contributed by atoms with Gasteiger partial charge in [0.05, 0.1) is 5.02 Å². The second-order valence-electron chi connectivity index (χ2n) is 4.23. The van der Waals surface area contributed by atoms with Gasteiger partial charge in [0.15, 0.2) is 0 Å². The molecule has 0 bridgehead atoms. The minimum absolute atomic E-state index is 0.0358. The molecule has 1 amide bonds. The summed E-state index contributed by atoms with van der Waals surface area (Å²) in [4.78, 5) is 12.9. The Balaban J connectivity index is 2.19. The highest BCUT2D eigenvalue weighted by Crippen LogP contribution is 2.21. The summed E-state index contributed by atoms with van der Waals surface area (Å²) in [6, 6.07) is 5.82. The quantitative estimate of drug-likeness (QED) is 0.897. The summed E-state index contributed by atoms with van der Waals surface area (Å²) in [6.07, 6.45) is 0.181. The lowest BCUT2D eigenvalue weighted by atomic mass is 10.3. The van der Waals surface area contributed by atoms with Crippen LogP contribution in [0, 0.1) is 0 Å². The number of likely N-dealkylation sites (N-methyl/N-ethyl adjacent to an activating group) is 1. The second kappa shape index (κ2) is 4.87. The first-order valence-electron chi connectivity index (χ1n) is 5.41. The molecule has 1 saturated heterocycles. The molecule has 2 rings (SSSR count). The van der Waals surface area contributed by atoms with E-state index < -0.39 is 16.1 Å². The molecule has 1 N–H and O–H groups in total. The third-order valence-corrected chi connectivity index (χ3v) is 4.81. The van der Waals surface area contributed by atoms with Crippen LogP contribution in [0.3, 0.4) is 0 Å². The number of carbonyl (C=O) groups is 1. The van der Waals surface area contributed by atoms with Gasteiger partial charge in [-0.15, -0.1) is 0 Å². The van der Waals surface area contributed by atoms with E-state index in [1.165, 1.54) is 17.0 Å². The van der Waals surface area contributed by atoms with Crippen LogP contribution in [-0.2, 0) is 14.8 Å². The molecule has 1 atom stereocenters. The first-order chi connectivity index (χ1) is 8.40. The first kappa shape index (κ1) is 13.3. The largest absolute Gasteiger partial charge is 0.344 e. The molecule has 0 unspecified atom stereocenters. The van der Waals surface area contributed by atoms with Gasteiger partial charge in [0.1, 0.15) is 4.90 Å². The number of amides is 1. The number of benzene rings is 1. The Morgan fingerprint density at radius 3 is 2.61 bits per heavy atom. The van der Waals surface area contributed by atoms with Crippen molar-refractivity contribution in [2.24, 2.45) is 0 Å². The van der Waals surface area contributed by atoms with E-state index in [0.29, 0.717) is 6.54 Å². The van der Waals surface area contributed by atoms with Crippen LogP contribution in [0.25, 0.3) is 0 Å². The Morgan fingerprint density at radius 2 is 2.06 bits per heavy atom. The molecule has 5 nitrogen and oxygen atoms in total. The van der Waals surface area contributed by atoms with Crippen molar-refractivity contribution in [1.82, 2.24) is 9.62 Å². The average Bonchev–Trinajstić information content (AvgIpc) is 2.57. The molecule has 0 saturated carbocycles. The lowest BCUT2D eigenvalue weighted by molar-refractivity contribution is -0.126. The molecule has 0 aliphatic carbocycles. The maximum Gasteiger partial charge on any atom is 0.242 e. The van der Waals surface area contributed by atoms with E-state index in [2.05, 4.69) is 4.72 Å². The molecule has 1 heterocycles. The van der Waals surface area contributed by atoms with E-state index in [4.69, 9.17) is 11.6 Å². The van der Waals surface area contributed by atoms with E-state index >= 15 is 0 Å². The van der Waals surface area contributed by atoms with Crippen LogP contribution in [0.2, 0.25) is 5.02 Å². The first-order valence-corrected chi connectivity index (χ1v) is 7.27. The molecule has 1 aromatic carbocycles. The summed E-state index contributed by atoms with van der Waals surface area (Å²) < 4.78 is 26.7. The maximum atomic E-state index is 12.1. The highest BCUT2D eigenvalue weighted by Gasteiger charge is 2.31. The molecular formula is C11H13ClN2O3S. The van der Waals surface area contributed by atoms with Gasteiger partial charge in [-0.3, -0.25) is 4.79 Å². The molecule has 1 aliphatic heterocycles. The number of nitrogens with one attached hydrogen (secondary N) is 1. The molecule has 7 heteroatoms. The number of halogens is 1. The number of hydrogen-bond acceptors (Lipinski definition) is 3. The molecule has 18 heavy (non-hydrogen) atoms. The van der Waals surface area contributed by atoms with E-state index in [9.17, 15) is 13.2 Å². The molecular weight excluding hydrogens is 276 g/mol. The zero-order valence-electron chi connectivity index (χ0n) is 9.76. The minimum Gasteiger partial charge on any atom is -0.344 e. The van der Waals surface area contributed by atoms with Crippen molar-refractivity contribution in [1.29, 1.82) is 0 Å². The van der Waals surface area contributed by atoms with Crippen LogP contribution in [0.1, 0.15) is 6.42 Å². The number of hydrogen-bond donors (Lipinski definition) is 1. The number of sulfonamides is 1. The van der Waals surface area contributed by atoms with E-state index in [0.717, 1.165) is 0 Å². The van der Waals surface area contributed by atoms with E-state index in [1.54, 1.807) is 19.2 Å². The fraction of sp³-hybridized carbons (Fsp3) is 0.364. The maximum absolute atomic E-state index is 12.1. The van der Waals surface area contributed by atoms with Gasteiger partial charge in [-0.25, -0.2) is 13.1 Å². The van der Waals surface area contributed by atoms with Crippen LogP contribution >= 0.6 is 11.6 Å². The summed E-state index contributed by atoms with van der Waals surface area (Å²) in [5.41, 5.74) is 0. The fourth-order valence-electron chi connectivity index (χ4n) is 1.89. The van der Waals surface area contributed by atoms with Gasteiger partial charge in [0.2, 0.25) is 15.9 Å². The standard InChI is InChI=1S/C11H13ClN2O3S/c1-14-7-8(6-11(14)15)13-18(16,17)10-5-3-2-4-9(10)12/h2-5,8,13H,6-7H2,1H3/t8-/m0/s1. The van der Waals surface area contributed by atoms with Crippen molar-refractivity contribution in [3.8, 4) is 0 Å². The predicted molar refractivity (Wildman–Crippen MR) is 67.8 cm³/mol. The molecule has 1 aliphatic rings. The van der Waals surface area contributed by atoms with Crippen molar-refractivity contribution in [3.05, 3.63) is 29.3 Å². The van der Waals surface area contributed by atoms with Gasteiger partial charge in [-0.1, -0.05) is 23.7 Å². The van der Waals surface area contributed by atoms with Crippen LogP contribution in [0.5, 0.6) is 0 Å². The Labute approximate surface area is 111 Å². The third-order valence-electron chi connectivity index (χ3n) is 2.79. The van der Waals surface area contributed by atoms with Crippen LogP contribution < -0.4 is 4.72 Å². The van der Waals surface area contributed by atoms with Gasteiger partial charge < -0.3 is 4.90 Å². The Kier molecular flexibility index (Phi) is 3.61. The van der Waals surface area contributed by atoms with Crippen LogP contribution in [0.15, 0.2) is 29.2 Å². The van der Waals surface area contributed by atoms with Gasteiger partial charge in [0, 0.05) is 26.1 Å². The van der Waals surface area contributed by atoms with Crippen molar-refractivity contribution in [2.75, 3.05) is 13.6 Å². The number of rotatable bonds is 3. The highest BCUT2D eigenvalue weighted by atomic mass is 35.5. The van der Waals surface area contributed by atoms with Crippen molar-refractivity contribution >= 4 is 27.5 Å². The smallest absolute Gasteiger partial charge is 0.242 e. The van der Waals surface area contributed by atoms with Gasteiger partial charge in [-0.2, -0.15) is 0 Å². The van der Waals surface area contributed by atoms with Crippen molar-refractivity contribution in [2.45, 2.75) is 17.4 Å². The Morgan fingerprint density at radius 1 is 1.39 bits per heavy atom. The highest BCUT2D eigenvalue weighted by molar-refractivity contribution is 7.89. The van der Waals surface area contributed by atoms with Gasteiger partial charge in [0.25, 0.3) is 0 Å². The van der Waals surface area contributed by atoms with Crippen molar-refractivity contribution < 1.29 is 13.2 Å². The average molecular weight is 289 g/mol. The predicted octanol–water partition coefficient (Wildman–Crippen LogP) is 0.849. The molecule has 1 fully saturated rings. The van der Waals surface area contributed by atoms with Gasteiger partial charge >= 0.3 is 0 Å². The van der Waals surface area contributed by atoms with Gasteiger partial charge in [-0.05, 0) is 12.1 Å². The minimum atomic E-state index is -3.68. The van der Waals surface area contributed by atoms with E-state index in [-0.39, 0.29) is 22.2 Å². The Hall–Kier alpha value is -1.11. The lowest BCUT2D eigenvalue weighted by Gasteiger charge is -2.13. The second-order valence-corrected chi connectivity index (χ2v) is 6.32. The topological polar surface area (TPSA) is 66.5 Å². The normalized spacial score (nSPS) is 20.4. The molecule has 0 aromatic heterocycles. The number of likely N-dealkylation sites (tertiary alicyclic amines) is 1. The lowest BCUT2D eigenvalue weighted by Crippen LogP contribution is -2.36. The van der Waals surface area contributed by atoms with Crippen molar-refractivity contribution in [3.63, 3.8) is 0 Å². The fourth-order valence-corrected chi connectivity index (χ4v) is 3.63. The van der Waals surface area contributed by atoms with E-state index in [1.807, 2.05) is 0 Å². The summed E-state index contributed by atoms with van der Waals surface area (Å²) in [7, 11) is -2.04. The zero-order valence-corrected chi connectivity index (χ0v) is 11.3.